The summed E-state index contributed by atoms with van der Waals surface area (Å²) in [5.41, 5.74) is 1.92. The second-order valence-corrected chi connectivity index (χ2v) is 8.46. The second kappa shape index (κ2) is 5.76. The van der Waals surface area contributed by atoms with Crippen molar-refractivity contribution in [1.82, 2.24) is 14.3 Å². The molecule has 0 spiro atoms. The molecule has 0 bridgehead atoms. The molecule has 122 valence electrons. The fraction of sp³-hybridized carbons (Fsp3) is 0.471. The SMILES string of the molecule is O=S(=O)(NCc1ccccc1-n1ccnc1)C1C2CCCCC21. The maximum absolute atomic E-state index is 12.6. The molecule has 2 aliphatic rings. The van der Waals surface area contributed by atoms with Gasteiger partial charge in [0.15, 0.2) is 0 Å². The first kappa shape index (κ1) is 14.9. The Hall–Kier alpha value is -1.66. The van der Waals surface area contributed by atoms with Gasteiger partial charge in [-0.2, -0.15) is 0 Å². The lowest BCUT2D eigenvalue weighted by Crippen LogP contribution is -2.28. The number of fused-ring (bicyclic) bond motifs is 1. The highest BCUT2D eigenvalue weighted by molar-refractivity contribution is 7.90. The highest BCUT2D eigenvalue weighted by Gasteiger charge is 2.57. The Labute approximate surface area is 136 Å². The first-order valence-electron chi connectivity index (χ1n) is 8.21. The maximum Gasteiger partial charge on any atom is 0.215 e. The van der Waals surface area contributed by atoms with Crippen molar-refractivity contribution in [1.29, 1.82) is 0 Å². The minimum absolute atomic E-state index is 0.162. The molecular weight excluding hydrogens is 310 g/mol. The van der Waals surface area contributed by atoms with Crippen molar-refractivity contribution in [3.05, 3.63) is 48.5 Å². The normalized spacial score (nSPS) is 26.7. The Morgan fingerprint density at radius 2 is 1.91 bits per heavy atom. The van der Waals surface area contributed by atoms with E-state index in [0.717, 1.165) is 24.1 Å². The third-order valence-electron chi connectivity index (χ3n) is 5.17. The van der Waals surface area contributed by atoms with Gasteiger partial charge in [0.2, 0.25) is 10.0 Å². The number of imidazole rings is 1. The van der Waals surface area contributed by atoms with Crippen LogP contribution >= 0.6 is 0 Å². The summed E-state index contributed by atoms with van der Waals surface area (Å²) >= 11 is 0. The molecule has 2 fully saturated rings. The van der Waals surface area contributed by atoms with Crippen LogP contribution in [0.5, 0.6) is 0 Å². The topological polar surface area (TPSA) is 64.0 Å². The van der Waals surface area contributed by atoms with Gasteiger partial charge < -0.3 is 4.57 Å². The van der Waals surface area contributed by atoms with Gasteiger partial charge in [-0.1, -0.05) is 31.0 Å². The molecule has 1 heterocycles. The third-order valence-corrected chi connectivity index (χ3v) is 7.14. The van der Waals surface area contributed by atoms with Crippen LogP contribution in [0.15, 0.2) is 43.0 Å². The minimum atomic E-state index is -3.23. The van der Waals surface area contributed by atoms with Crippen LogP contribution in [0.4, 0.5) is 0 Å². The summed E-state index contributed by atoms with van der Waals surface area (Å²) in [5.74, 6) is 0.787. The summed E-state index contributed by atoms with van der Waals surface area (Å²) in [4.78, 5) is 4.06. The van der Waals surface area contributed by atoms with Gasteiger partial charge >= 0.3 is 0 Å². The fourth-order valence-corrected chi connectivity index (χ4v) is 6.03. The molecule has 2 saturated carbocycles. The molecule has 0 radical (unpaired) electrons. The molecule has 0 saturated heterocycles. The molecule has 0 amide bonds. The lowest BCUT2D eigenvalue weighted by molar-refractivity contribution is 0.480. The predicted molar refractivity (Wildman–Crippen MR) is 88.6 cm³/mol. The van der Waals surface area contributed by atoms with Crippen LogP contribution in [-0.4, -0.2) is 23.2 Å². The van der Waals surface area contributed by atoms with E-state index in [2.05, 4.69) is 9.71 Å². The van der Waals surface area contributed by atoms with Crippen molar-refractivity contribution in [3.63, 3.8) is 0 Å². The quantitative estimate of drug-likeness (QED) is 0.915. The standard InChI is InChI=1S/C17H21N3O2S/c21-23(22,17-14-6-2-3-7-15(14)17)19-11-13-5-1-4-8-16(13)20-10-9-18-12-20/h1,4-5,8-10,12,14-15,17,19H,2-3,6-7,11H2. The summed E-state index contributed by atoms with van der Waals surface area (Å²) in [6.07, 6.45) is 9.80. The van der Waals surface area contributed by atoms with Crippen molar-refractivity contribution in [2.75, 3.05) is 0 Å². The van der Waals surface area contributed by atoms with Gasteiger partial charge in [0.25, 0.3) is 0 Å². The summed E-state index contributed by atoms with van der Waals surface area (Å²) < 4.78 is 29.9. The number of hydrogen-bond acceptors (Lipinski definition) is 3. The Morgan fingerprint density at radius 1 is 1.17 bits per heavy atom. The molecule has 2 atom stereocenters. The molecule has 5 nitrogen and oxygen atoms in total. The number of nitrogens with zero attached hydrogens (tertiary/aromatic N) is 2. The van der Waals surface area contributed by atoms with E-state index < -0.39 is 10.0 Å². The van der Waals surface area contributed by atoms with E-state index in [4.69, 9.17) is 0 Å². The molecule has 6 heteroatoms. The van der Waals surface area contributed by atoms with Crippen LogP contribution in [0.3, 0.4) is 0 Å². The van der Waals surface area contributed by atoms with Gasteiger partial charge in [-0.3, -0.25) is 0 Å². The van der Waals surface area contributed by atoms with Crippen molar-refractivity contribution in [3.8, 4) is 5.69 Å². The zero-order valence-corrected chi connectivity index (χ0v) is 13.7. The molecule has 1 N–H and O–H groups in total. The zero-order valence-electron chi connectivity index (χ0n) is 12.9. The van der Waals surface area contributed by atoms with Crippen LogP contribution < -0.4 is 4.72 Å². The summed E-state index contributed by atoms with van der Waals surface area (Å²) in [6.45, 7) is 0.326. The Morgan fingerprint density at radius 3 is 2.61 bits per heavy atom. The van der Waals surface area contributed by atoms with Gasteiger partial charge in [-0.15, -0.1) is 0 Å². The van der Waals surface area contributed by atoms with Gasteiger partial charge in [0.1, 0.15) is 0 Å². The van der Waals surface area contributed by atoms with E-state index in [1.807, 2.05) is 35.0 Å². The molecule has 1 aromatic heterocycles. The van der Waals surface area contributed by atoms with Crippen LogP contribution in [0.2, 0.25) is 0 Å². The van der Waals surface area contributed by atoms with E-state index >= 15 is 0 Å². The Bertz CT molecular complexity index is 774. The zero-order chi connectivity index (χ0) is 15.9. The van der Waals surface area contributed by atoms with E-state index in [1.165, 1.54) is 12.8 Å². The smallest absolute Gasteiger partial charge is 0.215 e. The number of hydrogen-bond donors (Lipinski definition) is 1. The van der Waals surface area contributed by atoms with Crippen LogP contribution in [0.1, 0.15) is 31.2 Å². The summed E-state index contributed by atoms with van der Waals surface area (Å²) in [6, 6.07) is 7.81. The largest absolute Gasteiger partial charge is 0.306 e. The first-order valence-corrected chi connectivity index (χ1v) is 9.76. The van der Waals surface area contributed by atoms with E-state index in [-0.39, 0.29) is 5.25 Å². The highest BCUT2D eigenvalue weighted by Crippen LogP contribution is 2.53. The number of para-hydroxylation sites is 1. The van der Waals surface area contributed by atoms with Crippen LogP contribution in [-0.2, 0) is 16.6 Å². The van der Waals surface area contributed by atoms with Gasteiger partial charge in [-0.05, 0) is 36.3 Å². The molecule has 0 aliphatic heterocycles. The molecule has 2 aliphatic carbocycles. The van der Waals surface area contributed by atoms with Gasteiger partial charge in [0, 0.05) is 18.9 Å². The summed E-state index contributed by atoms with van der Waals surface area (Å²) in [5, 5.41) is -0.162. The van der Waals surface area contributed by atoms with Crippen LogP contribution in [0.25, 0.3) is 5.69 Å². The molecular formula is C17H21N3O2S. The number of nitrogens with one attached hydrogen (secondary N) is 1. The first-order chi connectivity index (χ1) is 11.2. The van der Waals surface area contributed by atoms with Gasteiger partial charge in [0.05, 0.1) is 17.3 Å². The number of sulfonamides is 1. The van der Waals surface area contributed by atoms with E-state index in [0.29, 0.717) is 18.4 Å². The van der Waals surface area contributed by atoms with Crippen molar-refractivity contribution < 1.29 is 8.42 Å². The molecule has 4 rings (SSSR count). The average molecular weight is 331 g/mol. The average Bonchev–Trinajstić information content (AvgIpc) is 3.07. The summed E-state index contributed by atoms with van der Waals surface area (Å²) in [7, 11) is -3.23. The third kappa shape index (κ3) is 2.81. The van der Waals surface area contributed by atoms with E-state index in [1.54, 1.807) is 12.5 Å². The van der Waals surface area contributed by atoms with Crippen molar-refractivity contribution >= 4 is 10.0 Å². The highest BCUT2D eigenvalue weighted by atomic mass is 32.2. The Kier molecular flexibility index (Phi) is 3.73. The van der Waals surface area contributed by atoms with Crippen LogP contribution in [0, 0.1) is 11.8 Å². The number of aromatic nitrogens is 2. The lowest BCUT2D eigenvalue weighted by Gasteiger charge is -2.11. The minimum Gasteiger partial charge on any atom is -0.306 e. The molecule has 1 aromatic carbocycles. The molecule has 23 heavy (non-hydrogen) atoms. The molecule has 2 aromatic rings. The number of rotatable bonds is 5. The Balaban J connectivity index is 1.49. The van der Waals surface area contributed by atoms with Crippen molar-refractivity contribution in [2.45, 2.75) is 37.5 Å². The lowest BCUT2D eigenvalue weighted by atomic mass is 10.0. The predicted octanol–water partition coefficient (Wildman–Crippen LogP) is 2.48. The van der Waals surface area contributed by atoms with Crippen molar-refractivity contribution in [2.24, 2.45) is 11.8 Å². The fourth-order valence-electron chi connectivity index (χ4n) is 3.98. The maximum atomic E-state index is 12.6. The monoisotopic (exact) mass is 331 g/mol. The second-order valence-electron chi connectivity index (χ2n) is 6.54. The van der Waals surface area contributed by atoms with E-state index in [9.17, 15) is 8.42 Å². The molecule has 2 unspecified atom stereocenters. The number of benzene rings is 1. The van der Waals surface area contributed by atoms with Gasteiger partial charge in [-0.25, -0.2) is 18.1 Å².